The quantitative estimate of drug-likeness (QED) is 0.164. The summed E-state index contributed by atoms with van der Waals surface area (Å²) < 4.78 is 24.1. The van der Waals surface area contributed by atoms with E-state index < -0.39 is 74.6 Å². The highest BCUT2D eigenvalue weighted by molar-refractivity contribution is 5.78. The van der Waals surface area contributed by atoms with Crippen molar-refractivity contribution < 1.29 is 59.5 Å². The molecule has 0 aromatic heterocycles. The molecular formula is C40H64O12. The molecule has 17 atom stereocenters. The minimum atomic E-state index is -1.73. The standard InChI is InChI=1S/C40H64O12/c1-19(2)15-22(43)16-20(3)24-9-10-26-23-7-8-25-21(4)28(12-14-40(25,6)27(23)11-13-39(24,26)5)49-38-36(34(47)32(45)30(18-42)51-38)52-37-35(48)33(46)31(44)29(17-41)50-37/h10,19-21,24-25,28-38,41-42,44-48H,7-9,11-18H2,1-6H3/t20-,21+,24-,25+,28+,29-,30-,31+,32+,33+,34+,35-,36-,37+,38-,39-,40+/m1/s1. The Labute approximate surface area is 308 Å². The van der Waals surface area contributed by atoms with Gasteiger partial charge in [-0.3, -0.25) is 4.79 Å². The summed E-state index contributed by atoms with van der Waals surface area (Å²) in [6, 6.07) is 0. The van der Waals surface area contributed by atoms with Crippen LogP contribution >= 0.6 is 0 Å². The van der Waals surface area contributed by atoms with Crippen molar-refractivity contribution in [3.05, 3.63) is 22.8 Å². The second kappa shape index (κ2) is 15.7. The number of aliphatic hydroxyl groups excluding tert-OH is 7. The van der Waals surface area contributed by atoms with Gasteiger partial charge in [-0.15, -0.1) is 0 Å². The van der Waals surface area contributed by atoms with Crippen molar-refractivity contribution >= 4 is 5.78 Å². The minimum Gasteiger partial charge on any atom is -0.394 e. The first-order valence-corrected chi connectivity index (χ1v) is 19.7. The van der Waals surface area contributed by atoms with Gasteiger partial charge in [0.15, 0.2) is 12.6 Å². The smallest absolute Gasteiger partial charge is 0.187 e. The van der Waals surface area contributed by atoms with Crippen molar-refractivity contribution in [3.63, 3.8) is 0 Å². The number of aliphatic hydroxyl groups is 7. The molecule has 12 heteroatoms. The Balaban J connectivity index is 1.17. The molecule has 0 radical (unpaired) electrons. The van der Waals surface area contributed by atoms with Crippen LogP contribution < -0.4 is 0 Å². The maximum absolute atomic E-state index is 12.8. The first-order valence-electron chi connectivity index (χ1n) is 19.7. The molecule has 1 saturated carbocycles. The van der Waals surface area contributed by atoms with E-state index in [0.29, 0.717) is 48.7 Å². The molecule has 52 heavy (non-hydrogen) atoms. The van der Waals surface area contributed by atoms with Gasteiger partial charge in [-0.1, -0.05) is 53.2 Å². The summed E-state index contributed by atoms with van der Waals surface area (Å²) in [6.45, 7) is 12.3. The monoisotopic (exact) mass is 736 g/mol. The van der Waals surface area contributed by atoms with Crippen LogP contribution in [-0.4, -0.2) is 122 Å². The molecule has 6 aliphatic rings. The first-order chi connectivity index (χ1) is 24.5. The molecule has 2 saturated heterocycles. The van der Waals surface area contributed by atoms with Crippen LogP contribution in [0.25, 0.3) is 0 Å². The average molecular weight is 737 g/mol. The molecule has 0 aromatic carbocycles. The zero-order valence-corrected chi connectivity index (χ0v) is 31.8. The summed E-state index contributed by atoms with van der Waals surface area (Å²) in [6.07, 6.45) is -4.58. The Morgan fingerprint density at radius 1 is 0.827 bits per heavy atom. The Morgan fingerprint density at radius 3 is 2.13 bits per heavy atom. The number of carbonyl (C=O) groups excluding carboxylic acids is 1. The van der Waals surface area contributed by atoms with Crippen molar-refractivity contribution in [1.82, 2.24) is 0 Å². The van der Waals surface area contributed by atoms with E-state index in [1.807, 2.05) is 0 Å². The van der Waals surface area contributed by atoms with Crippen LogP contribution in [0, 0.1) is 40.4 Å². The number of ether oxygens (including phenoxy) is 4. The number of hydrogen-bond acceptors (Lipinski definition) is 12. The zero-order valence-electron chi connectivity index (χ0n) is 31.8. The summed E-state index contributed by atoms with van der Waals surface area (Å²) in [4.78, 5) is 12.8. The third-order valence-electron chi connectivity index (χ3n) is 14.1. The van der Waals surface area contributed by atoms with Gasteiger partial charge in [-0.2, -0.15) is 0 Å². The fraction of sp³-hybridized carbons (Fsp3) is 0.875. The van der Waals surface area contributed by atoms with Crippen LogP contribution in [0.1, 0.15) is 99.3 Å². The van der Waals surface area contributed by atoms with Gasteiger partial charge in [0.25, 0.3) is 0 Å². The Hall–Kier alpha value is -1.29. The summed E-state index contributed by atoms with van der Waals surface area (Å²) in [7, 11) is 0. The number of rotatable bonds is 11. The van der Waals surface area contributed by atoms with E-state index in [9.17, 15) is 40.5 Å². The number of carbonyl (C=O) groups is 1. The lowest BCUT2D eigenvalue weighted by Gasteiger charge is -2.57. The summed E-state index contributed by atoms with van der Waals surface area (Å²) in [5, 5.41) is 72.8. The van der Waals surface area contributed by atoms with Crippen LogP contribution in [-0.2, 0) is 23.7 Å². The largest absolute Gasteiger partial charge is 0.394 e. The zero-order chi connectivity index (χ0) is 37.9. The Bertz CT molecular complexity index is 1350. The molecule has 12 nitrogen and oxygen atoms in total. The van der Waals surface area contributed by atoms with Gasteiger partial charge in [0, 0.05) is 12.8 Å². The summed E-state index contributed by atoms with van der Waals surface area (Å²) in [5.74, 6) is 1.97. The molecule has 7 N–H and O–H groups in total. The van der Waals surface area contributed by atoms with Crippen molar-refractivity contribution in [3.8, 4) is 0 Å². The maximum Gasteiger partial charge on any atom is 0.187 e. The lowest BCUT2D eigenvalue weighted by molar-refractivity contribution is -0.374. The van der Waals surface area contributed by atoms with E-state index in [-0.39, 0.29) is 22.9 Å². The van der Waals surface area contributed by atoms with Crippen LogP contribution in [0.2, 0.25) is 0 Å². The third kappa shape index (κ3) is 7.13. The lowest BCUT2D eigenvalue weighted by Crippen LogP contribution is -2.65. The Kier molecular flexibility index (Phi) is 12.2. The second-order valence-electron chi connectivity index (χ2n) is 17.8. The van der Waals surface area contributed by atoms with Crippen LogP contribution in [0.3, 0.4) is 0 Å². The minimum absolute atomic E-state index is 0.0189. The highest BCUT2D eigenvalue weighted by Crippen LogP contribution is 2.65. The van der Waals surface area contributed by atoms with E-state index in [1.165, 1.54) is 11.1 Å². The number of fused-ring (bicyclic) bond motifs is 4. The van der Waals surface area contributed by atoms with Crippen LogP contribution in [0.5, 0.6) is 0 Å². The summed E-state index contributed by atoms with van der Waals surface area (Å²) in [5.41, 5.74) is 4.68. The molecule has 0 aromatic rings. The third-order valence-corrected chi connectivity index (χ3v) is 14.1. The first kappa shape index (κ1) is 40.4. The molecule has 0 unspecified atom stereocenters. The van der Waals surface area contributed by atoms with Crippen molar-refractivity contribution in [1.29, 1.82) is 0 Å². The fourth-order valence-electron chi connectivity index (χ4n) is 11.2. The molecule has 296 valence electrons. The molecular weight excluding hydrogens is 672 g/mol. The van der Waals surface area contributed by atoms with Gasteiger partial charge in [-0.25, -0.2) is 0 Å². The molecule has 2 heterocycles. The highest BCUT2D eigenvalue weighted by Gasteiger charge is 2.57. The van der Waals surface area contributed by atoms with Gasteiger partial charge in [0.2, 0.25) is 0 Å². The van der Waals surface area contributed by atoms with E-state index in [4.69, 9.17) is 18.9 Å². The number of hydrogen-bond donors (Lipinski definition) is 7. The number of Topliss-reactive ketones (excluding diaryl/α,β-unsaturated/α-hetero) is 1. The molecule has 2 aliphatic heterocycles. The molecule has 4 aliphatic carbocycles. The van der Waals surface area contributed by atoms with Gasteiger partial charge in [0.05, 0.1) is 19.3 Å². The van der Waals surface area contributed by atoms with E-state index in [1.54, 1.807) is 5.57 Å². The van der Waals surface area contributed by atoms with Gasteiger partial charge >= 0.3 is 0 Å². The van der Waals surface area contributed by atoms with Crippen LogP contribution in [0.15, 0.2) is 22.8 Å². The molecule has 0 bridgehead atoms. The Morgan fingerprint density at radius 2 is 1.48 bits per heavy atom. The van der Waals surface area contributed by atoms with Gasteiger partial charge < -0.3 is 54.7 Å². The predicted octanol–water partition coefficient (Wildman–Crippen LogP) is 2.53. The SMILES string of the molecule is CC(C)CC(=O)C[C@@H](C)[C@H]1CC=C2C3=C(CC[C@@]21C)[C@@]1(C)CC[C@H](O[C@@H]2O[C@H](CO)[C@H](O)[C@H](O)[C@H]2O[C@@H]2O[C@H](CO)[C@H](O)[C@H](O)[C@H]2O)[C@@H](C)[C@@H]1CC3. The number of ketones is 1. The second-order valence-corrected chi connectivity index (χ2v) is 17.8. The highest BCUT2D eigenvalue weighted by atomic mass is 16.8. The summed E-state index contributed by atoms with van der Waals surface area (Å²) >= 11 is 0. The lowest BCUT2D eigenvalue weighted by atomic mass is 9.49. The van der Waals surface area contributed by atoms with E-state index in [2.05, 4.69) is 47.6 Å². The van der Waals surface area contributed by atoms with Crippen molar-refractivity contribution in [2.75, 3.05) is 13.2 Å². The van der Waals surface area contributed by atoms with Crippen molar-refractivity contribution in [2.24, 2.45) is 40.4 Å². The maximum atomic E-state index is 12.8. The molecule has 0 amide bonds. The average Bonchev–Trinajstić information content (AvgIpc) is 3.46. The van der Waals surface area contributed by atoms with E-state index in [0.717, 1.165) is 38.5 Å². The van der Waals surface area contributed by atoms with Gasteiger partial charge in [0.1, 0.15) is 54.6 Å². The molecule has 3 fully saturated rings. The van der Waals surface area contributed by atoms with Crippen molar-refractivity contribution in [2.45, 2.75) is 167 Å². The normalized spacial score (nSPS) is 47.1. The van der Waals surface area contributed by atoms with E-state index >= 15 is 0 Å². The topological polar surface area (TPSA) is 196 Å². The predicted molar refractivity (Wildman–Crippen MR) is 189 cm³/mol. The molecule has 0 spiro atoms. The fourth-order valence-corrected chi connectivity index (χ4v) is 11.2. The molecule has 6 rings (SSSR count). The van der Waals surface area contributed by atoms with Gasteiger partial charge in [-0.05, 0) is 96.5 Å². The number of allylic oxidation sites excluding steroid dienone is 4. The van der Waals surface area contributed by atoms with Crippen LogP contribution in [0.4, 0.5) is 0 Å².